The second kappa shape index (κ2) is 11.7. The average Bonchev–Trinajstić information content (AvgIpc) is 2.84. The van der Waals surface area contributed by atoms with Crippen LogP contribution >= 0.6 is 0 Å². The molecule has 2 saturated carbocycles. The van der Waals surface area contributed by atoms with Crippen molar-refractivity contribution < 1.29 is 18.3 Å². The van der Waals surface area contributed by atoms with E-state index in [1.807, 2.05) is 0 Å². The zero-order valence-electron chi connectivity index (χ0n) is 19.6. The van der Waals surface area contributed by atoms with Gasteiger partial charge in [0, 0.05) is 17.8 Å². The molecule has 178 valence electrons. The Labute approximate surface area is 192 Å². The molecule has 4 heteroatoms. The molecule has 0 spiro atoms. The van der Waals surface area contributed by atoms with Gasteiger partial charge in [-0.05, 0) is 80.4 Å². The summed E-state index contributed by atoms with van der Waals surface area (Å²) in [6.45, 7) is 3.16. The quantitative estimate of drug-likeness (QED) is 0.431. The molecular formula is C28H40F2O2. The van der Waals surface area contributed by atoms with Crippen LogP contribution in [0.4, 0.5) is 8.78 Å². The zero-order chi connectivity index (χ0) is 22.3. The molecule has 2 aliphatic carbocycles. The first-order valence-corrected chi connectivity index (χ1v) is 12.9. The average molecular weight is 447 g/mol. The van der Waals surface area contributed by atoms with Gasteiger partial charge < -0.3 is 9.47 Å². The van der Waals surface area contributed by atoms with Crippen LogP contribution in [-0.2, 0) is 15.9 Å². The monoisotopic (exact) mass is 446 g/mol. The van der Waals surface area contributed by atoms with Crippen molar-refractivity contribution in [2.24, 2.45) is 23.7 Å². The number of benzene rings is 1. The highest BCUT2D eigenvalue weighted by Crippen LogP contribution is 2.38. The van der Waals surface area contributed by atoms with Crippen molar-refractivity contribution in [1.29, 1.82) is 0 Å². The lowest BCUT2D eigenvalue weighted by Crippen LogP contribution is -2.38. The van der Waals surface area contributed by atoms with Crippen LogP contribution in [-0.4, -0.2) is 26.2 Å². The van der Waals surface area contributed by atoms with E-state index < -0.39 is 6.67 Å². The van der Waals surface area contributed by atoms with Gasteiger partial charge in [-0.3, -0.25) is 0 Å². The second-order valence-corrected chi connectivity index (χ2v) is 10.5. The molecule has 0 atom stereocenters. The van der Waals surface area contributed by atoms with Crippen molar-refractivity contribution in [1.82, 2.24) is 0 Å². The van der Waals surface area contributed by atoms with E-state index in [0.29, 0.717) is 11.8 Å². The van der Waals surface area contributed by atoms with Gasteiger partial charge in [-0.15, -0.1) is 0 Å². The van der Waals surface area contributed by atoms with E-state index in [0.717, 1.165) is 69.7 Å². The molecule has 1 aromatic rings. The van der Waals surface area contributed by atoms with Crippen molar-refractivity contribution in [3.8, 4) is 0 Å². The first-order valence-electron chi connectivity index (χ1n) is 12.9. The fourth-order valence-electron chi connectivity index (χ4n) is 5.83. The van der Waals surface area contributed by atoms with Crippen molar-refractivity contribution in [2.75, 3.05) is 19.9 Å². The molecule has 1 heterocycles. The normalized spacial score (nSPS) is 34.4. The summed E-state index contributed by atoms with van der Waals surface area (Å²) in [5.74, 6) is 2.02. The molecule has 32 heavy (non-hydrogen) atoms. The number of hydrogen-bond acceptors (Lipinski definition) is 2. The minimum absolute atomic E-state index is 0.119. The Bertz CT molecular complexity index is 707. The standard InChI is InChI=1S/C28H40F2O2/c1-20-2-8-23(9-3-20)24-10-6-21(7-11-24)4-5-22-18-31-28(32-19-22)26-14-12-25(13-15-26)27(30)16-17-29/h6-7,10-11,16,20,22-23,25-26,28H,2-5,8-9,12-15,17-19H2,1H3/b27-16-. The predicted octanol–water partition coefficient (Wildman–Crippen LogP) is 7.53. The fraction of sp³-hybridized carbons (Fsp3) is 0.714. The van der Waals surface area contributed by atoms with Crippen LogP contribution < -0.4 is 0 Å². The summed E-state index contributed by atoms with van der Waals surface area (Å²) in [6, 6.07) is 9.33. The number of rotatable bonds is 7. The molecule has 2 nitrogen and oxygen atoms in total. The lowest BCUT2D eigenvalue weighted by molar-refractivity contribution is -0.229. The van der Waals surface area contributed by atoms with E-state index in [4.69, 9.17) is 9.47 Å². The van der Waals surface area contributed by atoms with Gasteiger partial charge in [0.1, 0.15) is 12.5 Å². The van der Waals surface area contributed by atoms with Crippen molar-refractivity contribution in [3.05, 3.63) is 47.3 Å². The van der Waals surface area contributed by atoms with Crippen LogP contribution in [0.2, 0.25) is 0 Å². The number of halogens is 2. The predicted molar refractivity (Wildman–Crippen MR) is 125 cm³/mol. The Morgan fingerprint density at radius 2 is 1.59 bits per heavy atom. The highest BCUT2D eigenvalue weighted by Gasteiger charge is 2.33. The number of hydrogen-bond donors (Lipinski definition) is 0. The molecule has 3 aliphatic rings. The maximum absolute atomic E-state index is 13.8. The lowest BCUT2D eigenvalue weighted by atomic mass is 9.79. The van der Waals surface area contributed by atoms with Crippen LogP contribution in [0, 0.1) is 23.7 Å². The van der Waals surface area contributed by atoms with Crippen molar-refractivity contribution in [2.45, 2.75) is 83.3 Å². The molecule has 3 fully saturated rings. The van der Waals surface area contributed by atoms with E-state index in [2.05, 4.69) is 31.2 Å². The first-order chi connectivity index (χ1) is 15.6. The number of ether oxygens (including phenoxy) is 2. The second-order valence-electron chi connectivity index (χ2n) is 10.5. The number of allylic oxidation sites excluding steroid dienone is 2. The molecule has 4 rings (SSSR count). The zero-order valence-corrected chi connectivity index (χ0v) is 19.6. The van der Waals surface area contributed by atoms with Crippen molar-refractivity contribution >= 4 is 0 Å². The van der Waals surface area contributed by atoms with Crippen LogP contribution in [0.5, 0.6) is 0 Å². The van der Waals surface area contributed by atoms with Gasteiger partial charge in [0.2, 0.25) is 0 Å². The van der Waals surface area contributed by atoms with E-state index in [-0.39, 0.29) is 18.0 Å². The largest absolute Gasteiger partial charge is 0.352 e. The van der Waals surface area contributed by atoms with Gasteiger partial charge in [0.15, 0.2) is 6.29 Å². The molecule has 0 N–H and O–H groups in total. The van der Waals surface area contributed by atoms with Gasteiger partial charge in [0.25, 0.3) is 0 Å². The summed E-state index contributed by atoms with van der Waals surface area (Å²) in [6.07, 6.45) is 11.8. The minimum Gasteiger partial charge on any atom is -0.352 e. The maximum atomic E-state index is 13.8. The molecule has 0 radical (unpaired) electrons. The SMILES string of the molecule is CC1CCC(c2ccc(CCC3COC(C4CCC(/C(F)=C/CF)CC4)OC3)cc2)CC1. The van der Waals surface area contributed by atoms with E-state index >= 15 is 0 Å². The van der Waals surface area contributed by atoms with Gasteiger partial charge in [0.05, 0.1) is 13.2 Å². The van der Waals surface area contributed by atoms with Gasteiger partial charge in [-0.25, -0.2) is 8.78 Å². The first kappa shape index (κ1) is 23.9. The van der Waals surface area contributed by atoms with Gasteiger partial charge in [-0.1, -0.05) is 44.0 Å². The number of aryl methyl sites for hydroxylation is 1. The summed E-state index contributed by atoms with van der Waals surface area (Å²) < 4.78 is 38.3. The Balaban J connectivity index is 1.15. The Kier molecular flexibility index (Phi) is 8.76. The molecule has 0 bridgehead atoms. The highest BCUT2D eigenvalue weighted by molar-refractivity contribution is 5.26. The topological polar surface area (TPSA) is 18.5 Å². The molecule has 0 unspecified atom stereocenters. The summed E-state index contributed by atoms with van der Waals surface area (Å²) >= 11 is 0. The third-order valence-electron chi connectivity index (χ3n) is 8.12. The van der Waals surface area contributed by atoms with E-state index in [1.54, 1.807) is 0 Å². The third-order valence-corrected chi connectivity index (χ3v) is 8.12. The summed E-state index contributed by atoms with van der Waals surface area (Å²) in [5, 5.41) is 0. The summed E-state index contributed by atoms with van der Waals surface area (Å²) in [7, 11) is 0. The lowest BCUT2D eigenvalue weighted by Gasteiger charge is -2.37. The minimum atomic E-state index is -0.716. The summed E-state index contributed by atoms with van der Waals surface area (Å²) in [4.78, 5) is 0. The van der Waals surface area contributed by atoms with Crippen LogP contribution in [0.1, 0.15) is 81.8 Å². The van der Waals surface area contributed by atoms with Crippen LogP contribution in [0.3, 0.4) is 0 Å². The molecule has 0 aromatic heterocycles. The Hall–Kier alpha value is -1.26. The van der Waals surface area contributed by atoms with E-state index in [1.165, 1.54) is 36.8 Å². The fourth-order valence-corrected chi connectivity index (χ4v) is 5.83. The Morgan fingerprint density at radius 1 is 0.938 bits per heavy atom. The number of alkyl halides is 1. The van der Waals surface area contributed by atoms with Crippen molar-refractivity contribution in [3.63, 3.8) is 0 Å². The Morgan fingerprint density at radius 3 is 2.22 bits per heavy atom. The molecule has 1 aliphatic heterocycles. The smallest absolute Gasteiger partial charge is 0.160 e. The maximum Gasteiger partial charge on any atom is 0.160 e. The van der Waals surface area contributed by atoms with Crippen LogP contribution in [0.15, 0.2) is 36.2 Å². The van der Waals surface area contributed by atoms with Gasteiger partial charge >= 0.3 is 0 Å². The highest BCUT2D eigenvalue weighted by atomic mass is 19.1. The molecule has 0 amide bonds. The van der Waals surface area contributed by atoms with Gasteiger partial charge in [-0.2, -0.15) is 0 Å². The summed E-state index contributed by atoms with van der Waals surface area (Å²) in [5.41, 5.74) is 2.92. The third kappa shape index (κ3) is 6.41. The molecule has 1 aromatic carbocycles. The molecule has 1 saturated heterocycles. The van der Waals surface area contributed by atoms with Crippen LogP contribution in [0.25, 0.3) is 0 Å². The molecular weight excluding hydrogens is 406 g/mol. The van der Waals surface area contributed by atoms with E-state index in [9.17, 15) is 8.78 Å².